The second-order valence-electron chi connectivity index (χ2n) is 7.17. The van der Waals surface area contributed by atoms with Crippen LogP contribution in [0, 0.1) is 5.92 Å². The molecule has 2 atom stereocenters. The van der Waals surface area contributed by atoms with Crippen LogP contribution in [0.5, 0.6) is 0 Å². The minimum absolute atomic E-state index is 0.0208. The molecule has 4 nitrogen and oxygen atoms in total. The van der Waals surface area contributed by atoms with Crippen molar-refractivity contribution in [2.75, 3.05) is 19.6 Å². The molecule has 2 fully saturated rings. The molecule has 1 heterocycles. The van der Waals surface area contributed by atoms with E-state index in [0.717, 1.165) is 32.5 Å². The molecule has 2 unspecified atom stereocenters. The van der Waals surface area contributed by atoms with E-state index in [9.17, 15) is 4.79 Å². The molecule has 0 spiro atoms. The average Bonchev–Trinajstić information content (AvgIpc) is 2.97. The van der Waals surface area contributed by atoms with Crippen LogP contribution in [0.1, 0.15) is 59.3 Å². The Morgan fingerprint density at radius 2 is 1.90 bits per heavy atom. The molecule has 122 valence electrons. The summed E-state index contributed by atoms with van der Waals surface area (Å²) in [6, 6.07) is 0.814. The number of hydrogen-bond donors (Lipinski definition) is 2. The Kier molecular flexibility index (Phi) is 6.49. The van der Waals surface area contributed by atoms with Gasteiger partial charge in [0.25, 0.3) is 0 Å². The first-order valence-corrected chi connectivity index (χ1v) is 8.84. The zero-order valence-corrected chi connectivity index (χ0v) is 14.0. The van der Waals surface area contributed by atoms with E-state index in [1.54, 1.807) is 0 Å². The second kappa shape index (κ2) is 8.14. The van der Waals surface area contributed by atoms with Crippen LogP contribution >= 0.6 is 0 Å². The lowest BCUT2D eigenvalue weighted by Gasteiger charge is -2.36. The van der Waals surface area contributed by atoms with Gasteiger partial charge in [-0.25, -0.2) is 0 Å². The Balaban J connectivity index is 1.87. The molecule has 0 aromatic carbocycles. The minimum Gasteiger partial charge on any atom is -0.352 e. The van der Waals surface area contributed by atoms with Gasteiger partial charge in [0.1, 0.15) is 0 Å². The highest BCUT2D eigenvalue weighted by atomic mass is 16.2. The molecule has 1 saturated heterocycles. The van der Waals surface area contributed by atoms with E-state index in [1.165, 1.54) is 25.7 Å². The minimum atomic E-state index is -0.0208. The van der Waals surface area contributed by atoms with Crippen LogP contribution in [0.2, 0.25) is 0 Å². The summed E-state index contributed by atoms with van der Waals surface area (Å²) in [5, 5.41) is 6.73. The van der Waals surface area contributed by atoms with Crippen molar-refractivity contribution < 1.29 is 4.79 Å². The van der Waals surface area contributed by atoms with Crippen molar-refractivity contribution >= 4 is 5.91 Å². The van der Waals surface area contributed by atoms with E-state index in [4.69, 9.17) is 0 Å². The lowest BCUT2D eigenvalue weighted by molar-refractivity contribution is -0.127. The quantitative estimate of drug-likeness (QED) is 0.789. The smallest absolute Gasteiger partial charge is 0.237 e. The Labute approximate surface area is 130 Å². The Bertz CT molecular complexity index is 320. The number of rotatable bonds is 6. The van der Waals surface area contributed by atoms with Gasteiger partial charge < -0.3 is 10.6 Å². The zero-order valence-electron chi connectivity index (χ0n) is 14.0. The molecule has 1 amide bonds. The topological polar surface area (TPSA) is 44.4 Å². The van der Waals surface area contributed by atoms with Crippen molar-refractivity contribution in [2.45, 2.75) is 77.4 Å². The maximum atomic E-state index is 12.5. The van der Waals surface area contributed by atoms with Crippen LogP contribution < -0.4 is 10.6 Å². The Morgan fingerprint density at radius 1 is 1.19 bits per heavy atom. The van der Waals surface area contributed by atoms with Crippen LogP contribution in [0.25, 0.3) is 0 Å². The molecule has 4 heteroatoms. The average molecular weight is 295 g/mol. The summed E-state index contributed by atoms with van der Waals surface area (Å²) in [4.78, 5) is 14.9. The summed E-state index contributed by atoms with van der Waals surface area (Å²) in [5.74, 6) is 0.905. The van der Waals surface area contributed by atoms with E-state index < -0.39 is 0 Å². The third-order valence-electron chi connectivity index (χ3n) is 5.11. The number of carbonyl (C=O) groups excluding carboxylic acids is 1. The first kappa shape index (κ1) is 16.8. The standard InChI is InChI=1S/C17H33N3O/c1-13(2)20(12-15-7-6-10-18-11-15)14(3)17(21)19-16-8-4-5-9-16/h13-16,18H,4-12H2,1-3H3,(H,19,21). The third kappa shape index (κ3) is 4.96. The fourth-order valence-electron chi connectivity index (χ4n) is 3.74. The van der Waals surface area contributed by atoms with Gasteiger partial charge in [-0.05, 0) is 65.5 Å². The maximum absolute atomic E-state index is 12.5. The molecular formula is C17H33N3O. The van der Waals surface area contributed by atoms with E-state index in [0.29, 0.717) is 18.0 Å². The summed E-state index contributed by atoms with van der Waals surface area (Å²) < 4.78 is 0. The molecule has 0 radical (unpaired) electrons. The first-order chi connectivity index (χ1) is 10.1. The van der Waals surface area contributed by atoms with Crippen LogP contribution in [-0.4, -0.2) is 48.6 Å². The molecule has 0 bridgehead atoms. The SMILES string of the molecule is CC(C)N(CC1CCCNC1)C(C)C(=O)NC1CCCC1. The number of nitrogens with zero attached hydrogens (tertiary/aromatic N) is 1. The highest BCUT2D eigenvalue weighted by Gasteiger charge is 2.28. The Hall–Kier alpha value is -0.610. The van der Waals surface area contributed by atoms with E-state index in [1.807, 2.05) is 0 Å². The summed E-state index contributed by atoms with van der Waals surface area (Å²) in [6.07, 6.45) is 7.40. The van der Waals surface area contributed by atoms with Crippen LogP contribution in [-0.2, 0) is 4.79 Å². The zero-order chi connectivity index (χ0) is 15.2. The summed E-state index contributed by atoms with van der Waals surface area (Å²) >= 11 is 0. The normalized spacial score (nSPS) is 25.5. The lowest BCUT2D eigenvalue weighted by atomic mass is 9.97. The van der Waals surface area contributed by atoms with E-state index >= 15 is 0 Å². The monoisotopic (exact) mass is 295 g/mol. The third-order valence-corrected chi connectivity index (χ3v) is 5.11. The predicted molar refractivity (Wildman–Crippen MR) is 87.3 cm³/mol. The highest BCUT2D eigenvalue weighted by Crippen LogP contribution is 2.19. The molecule has 1 saturated carbocycles. The van der Waals surface area contributed by atoms with Crippen molar-refractivity contribution in [1.82, 2.24) is 15.5 Å². The van der Waals surface area contributed by atoms with Crippen molar-refractivity contribution in [3.05, 3.63) is 0 Å². The molecule has 2 aliphatic rings. The van der Waals surface area contributed by atoms with Gasteiger partial charge in [0.15, 0.2) is 0 Å². The number of amides is 1. The van der Waals surface area contributed by atoms with E-state index in [2.05, 4.69) is 36.3 Å². The number of nitrogens with one attached hydrogen (secondary N) is 2. The van der Waals surface area contributed by atoms with Gasteiger partial charge in [0.05, 0.1) is 6.04 Å². The number of carbonyl (C=O) groups is 1. The van der Waals surface area contributed by atoms with Crippen molar-refractivity contribution in [3.8, 4) is 0 Å². The van der Waals surface area contributed by atoms with Crippen molar-refractivity contribution in [3.63, 3.8) is 0 Å². The van der Waals surface area contributed by atoms with Gasteiger partial charge in [-0.15, -0.1) is 0 Å². The lowest BCUT2D eigenvalue weighted by Crippen LogP contribution is -2.52. The molecule has 1 aliphatic heterocycles. The molecular weight excluding hydrogens is 262 g/mol. The first-order valence-electron chi connectivity index (χ1n) is 8.84. The molecule has 2 N–H and O–H groups in total. The summed E-state index contributed by atoms with van der Waals surface area (Å²) in [5.41, 5.74) is 0. The van der Waals surface area contributed by atoms with Gasteiger partial charge >= 0.3 is 0 Å². The number of hydrogen-bond acceptors (Lipinski definition) is 3. The molecule has 0 aromatic heterocycles. The Morgan fingerprint density at radius 3 is 2.48 bits per heavy atom. The summed E-state index contributed by atoms with van der Waals surface area (Å²) in [7, 11) is 0. The van der Waals surface area contributed by atoms with Gasteiger partial charge in [-0.3, -0.25) is 9.69 Å². The van der Waals surface area contributed by atoms with Gasteiger partial charge in [-0.2, -0.15) is 0 Å². The van der Waals surface area contributed by atoms with Gasteiger partial charge in [0.2, 0.25) is 5.91 Å². The van der Waals surface area contributed by atoms with Crippen LogP contribution in [0.4, 0.5) is 0 Å². The van der Waals surface area contributed by atoms with Gasteiger partial charge in [-0.1, -0.05) is 12.8 Å². The molecule has 0 aromatic rings. The predicted octanol–water partition coefficient (Wildman–Crippen LogP) is 2.14. The molecule has 2 rings (SSSR count). The van der Waals surface area contributed by atoms with Crippen LogP contribution in [0.3, 0.4) is 0 Å². The molecule has 21 heavy (non-hydrogen) atoms. The molecule has 1 aliphatic carbocycles. The number of piperidine rings is 1. The van der Waals surface area contributed by atoms with Gasteiger partial charge in [0, 0.05) is 18.6 Å². The fourth-order valence-corrected chi connectivity index (χ4v) is 3.74. The maximum Gasteiger partial charge on any atom is 0.237 e. The van der Waals surface area contributed by atoms with Crippen molar-refractivity contribution in [2.24, 2.45) is 5.92 Å². The van der Waals surface area contributed by atoms with E-state index in [-0.39, 0.29) is 11.9 Å². The summed E-state index contributed by atoms with van der Waals surface area (Å²) in [6.45, 7) is 9.76. The highest BCUT2D eigenvalue weighted by molar-refractivity contribution is 5.81. The van der Waals surface area contributed by atoms with Crippen molar-refractivity contribution in [1.29, 1.82) is 0 Å². The van der Waals surface area contributed by atoms with Crippen LogP contribution in [0.15, 0.2) is 0 Å². The fraction of sp³-hybridized carbons (Fsp3) is 0.941. The second-order valence-corrected chi connectivity index (χ2v) is 7.17. The largest absolute Gasteiger partial charge is 0.352 e.